The molecule has 0 aliphatic carbocycles. The summed E-state index contributed by atoms with van der Waals surface area (Å²) in [5.74, 6) is 3.79. The van der Waals surface area contributed by atoms with Crippen molar-refractivity contribution in [2.24, 2.45) is 0 Å². The molecular weight excluding hydrogens is 691 g/mol. The maximum atomic E-state index is 9.97. The average Bonchev–Trinajstić information content (AvgIpc) is 3.27. The molecule has 0 spiro atoms. The maximum absolute atomic E-state index is 9.97. The number of nitriles is 2. The third kappa shape index (κ3) is 5.56. The second-order valence-corrected chi connectivity index (χ2v) is 13.4. The molecule has 1 aliphatic heterocycles. The molecule has 7 nitrogen and oxygen atoms in total. The third-order valence-electron chi connectivity index (χ3n) is 10.1. The first kappa shape index (κ1) is 32.5. The van der Waals surface area contributed by atoms with Crippen LogP contribution in [0.4, 0.5) is 0 Å². The molecule has 0 saturated carbocycles. The molecule has 0 atom stereocenters. The van der Waals surface area contributed by atoms with Gasteiger partial charge in [0.25, 0.3) is 0 Å². The molecule has 56 heavy (non-hydrogen) atoms. The number of rotatable bonds is 5. The fourth-order valence-electron chi connectivity index (χ4n) is 7.41. The maximum Gasteiger partial charge on any atom is 0.170 e. The third-order valence-corrected chi connectivity index (χ3v) is 10.1. The van der Waals surface area contributed by atoms with Crippen LogP contribution >= 0.6 is 0 Å². The largest absolute Gasteiger partial charge is 0.449 e. The molecule has 10 rings (SSSR count). The van der Waals surface area contributed by atoms with Gasteiger partial charge in [-0.25, -0.2) is 15.0 Å². The van der Waals surface area contributed by atoms with Crippen molar-refractivity contribution in [1.82, 2.24) is 15.0 Å². The van der Waals surface area contributed by atoms with E-state index >= 15 is 0 Å². The van der Waals surface area contributed by atoms with Crippen molar-refractivity contribution in [1.29, 1.82) is 10.5 Å². The lowest BCUT2D eigenvalue weighted by molar-refractivity contribution is 0.360. The molecule has 0 saturated heterocycles. The number of nitrogens with zero attached hydrogens (tertiary/aromatic N) is 5. The van der Waals surface area contributed by atoms with Crippen molar-refractivity contribution in [2.45, 2.75) is 0 Å². The Kier molecular flexibility index (Phi) is 7.77. The second-order valence-electron chi connectivity index (χ2n) is 13.4. The monoisotopic (exact) mass is 717 g/mol. The molecule has 260 valence electrons. The summed E-state index contributed by atoms with van der Waals surface area (Å²) in [7, 11) is 0. The number of fused-ring (bicyclic) bond motifs is 4. The molecule has 8 aromatic carbocycles. The van der Waals surface area contributed by atoms with Crippen LogP contribution in [-0.4, -0.2) is 15.0 Å². The molecular formula is C49H27N5O2. The van der Waals surface area contributed by atoms with Gasteiger partial charge < -0.3 is 9.47 Å². The lowest BCUT2D eigenvalue weighted by atomic mass is 9.87. The van der Waals surface area contributed by atoms with E-state index in [1.54, 1.807) is 0 Å². The quantitative estimate of drug-likeness (QED) is 0.174. The SMILES string of the molecule is N#Cc1ccc(-c2cc3c(cc2-c2ccc(C#N)c4ccccc24)Oc2cc(-c4nc(-c5ccccc5)nc(-c5ccccc5)n4)ccc2O3)c2ccccc12. The summed E-state index contributed by atoms with van der Waals surface area (Å²) in [6, 6.07) is 57.7. The Hall–Kier alpha value is -8.13. The molecule has 2 heterocycles. The summed E-state index contributed by atoms with van der Waals surface area (Å²) in [5.41, 5.74) is 7.36. The summed E-state index contributed by atoms with van der Waals surface area (Å²) in [6.45, 7) is 0. The fourth-order valence-corrected chi connectivity index (χ4v) is 7.41. The van der Waals surface area contributed by atoms with E-state index in [0.717, 1.165) is 60.5 Å². The first-order chi connectivity index (χ1) is 27.6. The van der Waals surface area contributed by atoms with Crippen LogP contribution in [0.2, 0.25) is 0 Å². The highest BCUT2D eigenvalue weighted by Crippen LogP contribution is 2.52. The number of hydrogen-bond acceptors (Lipinski definition) is 7. The minimum atomic E-state index is 0.502. The summed E-state index contributed by atoms with van der Waals surface area (Å²) in [4.78, 5) is 14.7. The summed E-state index contributed by atoms with van der Waals surface area (Å²) in [5, 5.41) is 23.5. The van der Waals surface area contributed by atoms with E-state index in [-0.39, 0.29) is 0 Å². The molecule has 0 amide bonds. The Labute approximate surface area is 322 Å². The lowest BCUT2D eigenvalue weighted by Gasteiger charge is -2.24. The van der Waals surface area contributed by atoms with Crippen LogP contribution in [0.5, 0.6) is 23.0 Å². The molecule has 0 N–H and O–H groups in total. The fraction of sp³-hybridized carbons (Fsp3) is 0. The van der Waals surface area contributed by atoms with Crippen molar-refractivity contribution in [3.63, 3.8) is 0 Å². The first-order valence-corrected chi connectivity index (χ1v) is 18.0. The van der Waals surface area contributed by atoms with Gasteiger partial charge in [0.2, 0.25) is 0 Å². The minimum absolute atomic E-state index is 0.502. The van der Waals surface area contributed by atoms with Gasteiger partial charge in [-0.15, -0.1) is 0 Å². The van der Waals surface area contributed by atoms with Gasteiger partial charge in [0.1, 0.15) is 0 Å². The highest BCUT2D eigenvalue weighted by Gasteiger charge is 2.25. The zero-order valence-electron chi connectivity index (χ0n) is 29.6. The highest BCUT2D eigenvalue weighted by molar-refractivity contribution is 6.07. The van der Waals surface area contributed by atoms with E-state index in [4.69, 9.17) is 24.4 Å². The van der Waals surface area contributed by atoms with E-state index in [1.807, 2.05) is 164 Å². The first-order valence-electron chi connectivity index (χ1n) is 18.0. The van der Waals surface area contributed by atoms with Gasteiger partial charge >= 0.3 is 0 Å². The van der Waals surface area contributed by atoms with Crippen LogP contribution < -0.4 is 9.47 Å². The number of ether oxygens (including phenoxy) is 2. The van der Waals surface area contributed by atoms with Gasteiger partial charge in [-0.2, -0.15) is 10.5 Å². The van der Waals surface area contributed by atoms with Crippen molar-refractivity contribution in [2.75, 3.05) is 0 Å². The highest BCUT2D eigenvalue weighted by atomic mass is 16.6. The predicted octanol–water partition coefficient (Wildman–Crippen LogP) is 12.2. The average molecular weight is 718 g/mol. The number of aromatic nitrogens is 3. The van der Waals surface area contributed by atoms with Crippen LogP contribution in [-0.2, 0) is 0 Å². The smallest absolute Gasteiger partial charge is 0.170 e. The minimum Gasteiger partial charge on any atom is -0.449 e. The van der Waals surface area contributed by atoms with Gasteiger partial charge in [0.15, 0.2) is 40.5 Å². The normalized spacial score (nSPS) is 11.5. The molecule has 7 heteroatoms. The zero-order valence-corrected chi connectivity index (χ0v) is 29.6. The lowest BCUT2D eigenvalue weighted by Crippen LogP contribution is -2.03. The van der Waals surface area contributed by atoms with Gasteiger partial charge in [-0.3, -0.25) is 0 Å². The summed E-state index contributed by atoms with van der Waals surface area (Å²) in [6.07, 6.45) is 0. The molecule has 0 unspecified atom stereocenters. The van der Waals surface area contributed by atoms with Crippen molar-refractivity contribution in [3.05, 3.63) is 175 Å². The zero-order chi connectivity index (χ0) is 37.6. The molecule has 0 radical (unpaired) electrons. The summed E-state index contributed by atoms with van der Waals surface area (Å²) < 4.78 is 13.3. The van der Waals surface area contributed by atoms with Crippen LogP contribution in [0, 0.1) is 22.7 Å². The van der Waals surface area contributed by atoms with E-state index in [9.17, 15) is 10.5 Å². The Morgan fingerprint density at radius 3 is 1.23 bits per heavy atom. The molecule has 9 aromatic rings. The van der Waals surface area contributed by atoms with Crippen LogP contribution in [0.25, 0.3) is 78.0 Å². The molecule has 1 aliphatic rings. The van der Waals surface area contributed by atoms with E-state index in [1.165, 1.54) is 0 Å². The molecule has 0 bridgehead atoms. The number of benzene rings is 8. The van der Waals surface area contributed by atoms with Gasteiger partial charge in [-0.05, 0) is 75.5 Å². The Morgan fingerprint density at radius 2 is 0.750 bits per heavy atom. The molecule has 1 aromatic heterocycles. The van der Waals surface area contributed by atoms with Crippen LogP contribution in [0.1, 0.15) is 11.1 Å². The predicted molar refractivity (Wildman–Crippen MR) is 218 cm³/mol. The summed E-state index contributed by atoms with van der Waals surface area (Å²) >= 11 is 0. The molecule has 0 fully saturated rings. The van der Waals surface area contributed by atoms with Crippen LogP contribution in [0.15, 0.2) is 164 Å². The van der Waals surface area contributed by atoms with Gasteiger partial charge in [0.05, 0.1) is 23.3 Å². The van der Waals surface area contributed by atoms with Crippen molar-refractivity contribution < 1.29 is 9.47 Å². The Balaban J connectivity index is 1.13. The van der Waals surface area contributed by atoms with Crippen molar-refractivity contribution >= 4 is 21.5 Å². The Morgan fingerprint density at radius 1 is 0.339 bits per heavy atom. The Bertz CT molecular complexity index is 3050. The number of hydrogen-bond donors (Lipinski definition) is 0. The van der Waals surface area contributed by atoms with Crippen molar-refractivity contribution in [3.8, 4) is 91.6 Å². The van der Waals surface area contributed by atoms with E-state index in [2.05, 4.69) is 12.1 Å². The van der Waals surface area contributed by atoms with Crippen LogP contribution in [0.3, 0.4) is 0 Å². The second kappa shape index (κ2) is 13.4. The standard InChI is InChI=1S/C49H27N5O2/c50-28-33-19-22-39(37-17-9-7-15-35(33)37)41-26-45-46(27-42(41)40-23-20-34(29-51)36-16-8-10-18-38(36)40)56-44-25-32(21-24-43(44)55-45)49-53-47(30-11-3-1-4-12-30)52-48(54-49)31-13-5-2-6-14-31/h1-27H. The van der Waals surface area contributed by atoms with E-state index < -0.39 is 0 Å². The van der Waals surface area contributed by atoms with Gasteiger partial charge in [-0.1, -0.05) is 121 Å². The van der Waals surface area contributed by atoms with Gasteiger partial charge in [0, 0.05) is 27.5 Å². The topological polar surface area (TPSA) is 105 Å². The van der Waals surface area contributed by atoms with E-state index in [0.29, 0.717) is 51.6 Å².